The monoisotopic (exact) mass is 201 g/mol. The van der Waals surface area contributed by atoms with E-state index in [1.54, 1.807) is 32.4 Å². The molecule has 0 spiro atoms. The average molecular weight is 202 g/mol. The number of methoxy groups -OCH3 is 2. The molecule has 0 bridgehead atoms. The standard InChI is InChI=1S/C9H12ClNO2/c1-12-9(13-2)7-5-6(10)3-4-8(7)11/h3-5,9H,11H2,1-2H3. The first-order chi connectivity index (χ1) is 6.19. The zero-order valence-electron chi connectivity index (χ0n) is 7.58. The van der Waals surface area contributed by atoms with Crippen LogP contribution in [0.3, 0.4) is 0 Å². The van der Waals surface area contributed by atoms with Crippen molar-refractivity contribution in [1.82, 2.24) is 0 Å². The maximum absolute atomic E-state index is 5.81. The molecule has 0 radical (unpaired) electrons. The highest BCUT2D eigenvalue weighted by Crippen LogP contribution is 2.26. The van der Waals surface area contributed by atoms with Crippen LogP contribution in [0.25, 0.3) is 0 Å². The van der Waals surface area contributed by atoms with Crippen molar-refractivity contribution in [3.63, 3.8) is 0 Å². The molecule has 0 aliphatic heterocycles. The molecule has 4 heteroatoms. The summed E-state index contributed by atoms with van der Waals surface area (Å²) in [6.45, 7) is 0. The first-order valence-electron chi connectivity index (χ1n) is 3.79. The van der Waals surface area contributed by atoms with Gasteiger partial charge < -0.3 is 15.2 Å². The van der Waals surface area contributed by atoms with Gasteiger partial charge in [-0.05, 0) is 18.2 Å². The van der Waals surface area contributed by atoms with Gasteiger partial charge in [0.05, 0.1) is 0 Å². The Morgan fingerprint density at radius 1 is 1.31 bits per heavy atom. The maximum Gasteiger partial charge on any atom is 0.185 e. The van der Waals surface area contributed by atoms with E-state index in [0.717, 1.165) is 5.56 Å². The highest BCUT2D eigenvalue weighted by atomic mass is 35.5. The minimum absolute atomic E-state index is 0.460. The molecule has 2 N–H and O–H groups in total. The lowest BCUT2D eigenvalue weighted by molar-refractivity contribution is -0.105. The molecule has 3 nitrogen and oxygen atoms in total. The maximum atomic E-state index is 5.81. The lowest BCUT2D eigenvalue weighted by Crippen LogP contribution is -2.06. The molecular weight excluding hydrogens is 190 g/mol. The number of halogens is 1. The van der Waals surface area contributed by atoms with Crippen LogP contribution in [0.1, 0.15) is 11.9 Å². The van der Waals surface area contributed by atoms with Gasteiger partial charge in [-0.3, -0.25) is 0 Å². The summed E-state index contributed by atoms with van der Waals surface area (Å²) < 4.78 is 10.1. The Morgan fingerprint density at radius 2 is 1.92 bits per heavy atom. The van der Waals surface area contributed by atoms with Crippen LogP contribution in [0.15, 0.2) is 18.2 Å². The van der Waals surface area contributed by atoms with Crippen LogP contribution < -0.4 is 5.73 Å². The third kappa shape index (κ3) is 2.34. The second kappa shape index (κ2) is 4.46. The highest BCUT2D eigenvalue weighted by Gasteiger charge is 2.12. The Morgan fingerprint density at radius 3 is 2.46 bits per heavy atom. The number of hydrogen-bond donors (Lipinski definition) is 1. The molecule has 0 aliphatic carbocycles. The summed E-state index contributed by atoms with van der Waals surface area (Å²) in [4.78, 5) is 0. The molecule has 13 heavy (non-hydrogen) atoms. The van der Waals surface area contributed by atoms with Gasteiger partial charge in [-0.15, -0.1) is 0 Å². The van der Waals surface area contributed by atoms with Gasteiger partial charge in [0.1, 0.15) is 0 Å². The molecule has 1 rings (SSSR count). The van der Waals surface area contributed by atoms with Crippen LogP contribution >= 0.6 is 11.6 Å². The Balaban J connectivity index is 3.03. The average Bonchev–Trinajstić information content (AvgIpc) is 2.13. The molecule has 0 amide bonds. The first-order valence-corrected chi connectivity index (χ1v) is 4.17. The van der Waals surface area contributed by atoms with Crippen molar-refractivity contribution >= 4 is 17.3 Å². The first kappa shape index (κ1) is 10.3. The Labute approximate surface area is 82.4 Å². The second-order valence-electron chi connectivity index (χ2n) is 2.58. The number of anilines is 1. The molecule has 0 unspecified atom stereocenters. The second-order valence-corrected chi connectivity index (χ2v) is 3.01. The van der Waals surface area contributed by atoms with E-state index in [1.165, 1.54) is 0 Å². The van der Waals surface area contributed by atoms with Crippen molar-refractivity contribution in [3.05, 3.63) is 28.8 Å². The zero-order valence-corrected chi connectivity index (χ0v) is 8.34. The summed E-state index contributed by atoms with van der Waals surface area (Å²) in [5, 5.41) is 0.614. The van der Waals surface area contributed by atoms with Crippen molar-refractivity contribution in [2.24, 2.45) is 0 Å². The van der Waals surface area contributed by atoms with Crippen LogP contribution in [0.4, 0.5) is 5.69 Å². The number of nitrogens with two attached hydrogens (primary N) is 1. The third-order valence-corrected chi connectivity index (χ3v) is 1.97. The fraction of sp³-hybridized carbons (Fsp3) is 0.333. The van der Waals surface area contributed by atoms with Gasteiger partial charge >= 0.3 is 0 Å². The fourth-order valence-corrected chi connectivity index (χ4v) is 1.28. The largest absolute Gasteiger partial charge is 0.398 e. The normalized spacial score (nSPS) is 10.8. The summed E-state index contributed by atoms with van der Waals surface area (Å²) in [5.74, 6) is 0. The van der Waals surface area contributed by atoms with Gasteiger partial charge in [-0.25, -0.2) is 0 Å². The van der Waals surface area contributed by atoms with Gasteiger partial charge in [-0.2, -0.15) is 0 Å². The highest BCUT2D eigenvalue weighted by molar-refractivity contribution is 6.30. The van der Waals surface area contributed by atoms with Crippen molar-refractivity contribution in [1.29, 1.82) is 0 Å². The van der Waals surface area contributed by atoms with Gasteiger partial charge in [0.15, 0.2) is 6.29 Å². The van der Waals surface area contributed by atoms with Gasteiger partial charge in [0, 0.05) is 30.5 Å². The van der Waals surface area contributed by atoms with E-state index in [2.05, 4.69) is 0 Å². The molecule has 0 saturated carbocycles. The summed E-state index contributed by atoms with van der Waals surface area (Å²) in [7, 11) is 3.10. The topological polar surface area (TPSA) is 44.5 Å². The summed E-state index contributed by atoms with van der Waals surface area (Å²) in [5.41, 5.74) is 7.08. The molecule has 0 fully saturated rings. The molecule has 1 aromatic rings. The van der Waals surface area contributed by atoms with Gasteiger partial charge in [0.25, 0.3) is 0 Å². The Bertz CT molecular complexity index is 287. The smallest absolute Gasteiger partial charge is 0.185 e. The van der Waals surface area contributed by atoms with Crippen LogP contribution in [0.2, 0.25) is 5.02 Å². The minimum atomic E-state index is -0.460. The van der Waals surface area contributed by atoms with E-state index in [4.69, 9.17) is 26.8 Å². The number of nitrogen functional groups attached to an aromatic ring is 1. The summed E-state index contributed by atoms with van der Waals surface area (Å²) in [6, 6.07) is 5.18. The SMILES string of the molecule is COC(OC)c1cc(Cl)ccc1N. The molecule has 0 aromatic heterocycles. The third-order valence-electron chi connectivity index (χ3n) is 1.73. The predicted octanol–water partition coefficient (Wildman–Crippen LogP) is 2.21. The van der Waals surface area contributed by atoms with E-state index in [0.29, 0.717) is 10.7 Å². The Kier molecular flexibility index (Phi) is 3.54. The van der Waals surface area contributed by atoms with E-state index in [-0.39, 0.29) is 0 Å². The van der Waals surface area contributed by atoms with Crippen LogP contribution in [-0.2, 0) is 9.47 Å². The van der Waals surface area contributed by atoms with Crippen LogP contribution in [-0.4, -0.2) is 14.2 Å². The van der Waals surface area contributed by atoms with Crippen molar-refractivity contribution in [2.75, 3.05) is 20.0 Å². The molecule has 0 aliphatic rings. The molecule has 72 valence electrons. The van der Waals surface area contributed by atoms with Gasteiger partial charge in [0.2, 0.25) is 0 Å². The molecule has 0 atom stereocenters. The van der Waals surface area contributed by atoms with Crippen molar-refractivity contribution in [2.45, 2.75) is 6.29 Å². The summed E-state index contributed by atoms with van der Waals surface area (Å²) >= 11 is 5.81. The Hall–Kier alpha value is -0.770. The van der Waals surface area contributed by atoms with E-state index < -0.39 is 6.29 Å². The zero-order chi connectivity index (χ0) is 9.84. The predicted molar refractivity (Wildman–Crippen MR) is 52.6 cm³/mol. The van der Waals surface area contributed by atoms with E-state index in [9.17, 15) is 0 Å². The van der Waals surface area contributed by atoms with Crippen LogP contribution in [0, 0.1) is 0 Å². The van der Waals surface area contributed by atoms with Gasteiger partial charge in [-0.1, -0.05) is 11.6 Å². The number of rotatable bonds is 3. The van der Waals surface area contributed by atoms with Crippen molar-refractivity contribution < 1.29 is 9.47 Å². The number of hydrogen-bond acceptors (Lipinski definition) is 3. The minimum Gasteiger partial charge on any atom is -0.398 e. The molecular formula is C9H12ClNO2. The molecule has 1 aromatic carbocycles. The number of benzene rings is 1. The molecule has 0 saturated heterocycles. The number of ether oxygens (including phenoxy) is 2. The quantitative estimate of drug-likeness (QED) is 0.603. The summed E-state index contributed by atoms with van der Waals surface area (Å²) in [6.07, 6.45) is -0.460. The molecule has 0 heterocycles. The lowest BCUT2D eigenvalue weighted by Gasteiger charge is -2.15. The van der Waals surface area contributed by atoms with Crippen molar-refractivity contribution in [3.8, 4) is 0 Å². The lowest BCUT2D eigenvalue weighted by atomic mass is 10.2. The van der Waals surface area contributed by atoms with E-state index in [1.807, 2.05) is 0 Å². The fourth-order valence-electron chi connectivity index (χ4n) is 1.10. The van der Waals surface area contributed by atoms with E-state index >= 15 is 0 Å². The van der Waals surface area contributed by atoms with Crippen LogP contribution in [0.5, 0.6) is 0 Å².